The summed E-state index contributed by atoms with van der Waals surface area (Å²) in [5.74, 6) is -2.76. The van der Waals surface area contributed by atoms with Gasteiger partial charge in [0.1, 0.15) is 6.04 Å². The second-order valence-corrected chi connectivity index (χ2v) is 11.1. The average molecular weight is 522 g/mol. The molecule has 0 unspecified atom stereocenters. The van der Waals surface area contributed by atoms with Crippen LogP contribution < -0.4 is 9.62 Å². The molecule has 0 saturated heterocycles. The number of sulfonamides is 1. The summed E-state index contributed by atoms with van der Waals surface area (Å²) in [4.78, 5) is 27.7. The fourth-order valence-corrected chi connectivity index (χ4v) is 5.36. The second-order valence-electron chi connectivity index (χ2n) is 9.21. The van der Waals surface area contributed by atoms with Crippen LogP contribution in [0.2, 0.25) is 0 Å². The van der Waals surface area contributed by atoms with E-state index in [0.29, 0.717) is 0 Å². The Morgan fingerprint density at radius 1 is 1.06 bits per heavy atom. The molecule has 1 atom stereocenters. The van der Waals surface area contributed by atoms with Gasteiger partial charge in [-0.25, -0.2) is 17.2 Å². The summed E-state index contributed by atoms with van der Waals surface area (Å²) < 4.78 is 52.6. The molecule has 3 rings (SSSR count). The first-order valence-corrected chi connectivity index (χ1v) is 14.0. The topological polar surface area (TPSA) is 86.8 Å². The van der Waals surface area contributed by atoms with E-state index in [-0.39, 0.29) is 49.5 Å². The normalized spacial score (nSPS) is 14.9. The molecule has 1 aliphatic rings. The number of carbonyl (C=O) groups excluding carboxylic acids is 2. The molecule has 7 nitrogen and oxygen atoms in total. The Bertz CT molecular complexity index is 1160. The van der Waals surface area contributed by atoms with E-state index in [0.717, 1.165) is 53.9 Å². The van der Waals surface area contributed by atoms with Gasteiger partial charge in [-0.15, -0.1) is 0 Å². The standard InChI is InChI=1S/C26H33F2N3O4S/c1-19(26(33)29-21-11-6-7-12-21)30(18-20-9-4-3-5-10-20)25(32)13-8-16-31(36(2,34)35)22-14-15-23(27)24(28)17-22/h3-5,9-10,14-15,17,19,21H,6-8,11-13,16,18H2,1-2H3,(H,29,33)/t19-/m0/s1. The zero-order chi connectivity index (χ0) is 26.3. The summed E-state index contributed by atoms with van der Waals surface area (Å²) >= 11 is 0. The first-order chi connectivity index (χ1) is 17.1. The van der Waals surface area contributed by atoms with Crippen LogP contribution in [0.3, 0.4) is 0 Å². The molecule has 36 heavy (non-hydrogen) atoms. The van der Waals surface area contributed by atoms with Crippen molar-refractivity contribution in [1.29, 1.82) is 0 Å². The maximum atomic E-state index is 13.7. The molecule has 1 N–H and O–H groups in total. The molecule has 10 heteroatoms. The van der Waals surface area contributed by atoms with Gasteiger partial charge in [-0.1, -0.05) is 43.2 Å². The Morgan fingerprint density at radius 2 is 1.72 bits per heavy atom. The highest BCUT2D eigenvalue weighted by molar-refractivity contribution is 7.92. The van der Waals surface area contributed by atoms with Crippen molar-refractivity contribution >= 4 is 27.5 Å². The van der Waals surface area contributed by atoms with Gasteiger partial charge in [0.2, 0.25) is 21.8 Å². The van der Waals surface area contributed by atoms with Crippen LogP contribution >= 0.6 is 0 Å². The summed E-state index contributed by atoms with van der Waals surface area (Å²) in [6.07, 6.45) is 5.07. The van der Waals surface area contributed by atoms with E-state index < -0.39 is 27.7 Å². The van der Waals surface area contributed by atoms with Crippen LogP contribution in [0.25, 0.3) is 0 Å². The number of carbonyl (C=O) groups is 2. The van der Waals surface area contributed by atoms with Crippen molar-refractivity contribution in [2.24, 2.45) is 0 Å². The number of hydrogen-bond donors (Lipinski definition) is 1. The third kappa shape index (κ3) is 7.49. The van der Waals surface area contributed by atoms with Gasteiger partial charge >= 0.3 is 0 Å². The highest BCUT2D eigenvalue weighted by Crippen LogP contribution is 2.22. The van der Waals surface area contributed by atoms with E-state index in [1.54, 1.807) is 6.92 Å². The molecule has 0 spiro atoms. The average Bonchev–Trinajstić information content (AvgIpc) is 3.34. The summed E-state index contributed by atoms with van der Waals surface area (Å²) in [5.41, 5.74) is 0.847. The largest absolute Gasteiger partial charge is 0.352 e. The monoisotopic (exact) mass is 521 g/mol. The number of anilines is 1. The lowest BCUT2D eigenvalue weighted by Gasteiger charge is -2.30. The lowest BCUT2D eigenvalue weighted by molar-refractivity contribution is -0.141. The Morgan fingerprint density at radius 3 is 2.33 bits per heavy atom. The van der Waals surface area contributed by atoms with Crippen LogP contribution in [0, 0.1) is 11.6 Å². The zero-order valence-electron chi connectivity index (χ0n) is 20.6. The van der Waals surface area contributed by atoms with Crippen LogP contribution in [-0.2, 0) is 26.2 Å². The fraction of sp³-hybridized carbons (Fsp3) is 0.462. The van der Waals surface area contributed by atoms with Gasteiger partial charge in [0.15, 0.2) is 11.6 Å². The highest BCUT2D eigenvalue weighted by atomic mass is 32.2. The van der Waals surface area contributed by atoms with E-state index in [1.807, 2.05) is 30.3 Å². The first kappa shape index (κ1) is 27.6. The molecule has 0 heterocycles. The van der Waals surface area contributed by atoms with Crippen LogP contribution in [-0.4, -0.2) is 50.0 Å². The molecule has 1 fully saturated rings. The van der Waals surface area contributed by atoms with Crippen LogP contribution in [0.1, 0.15) is 51.0 Å². The summed E-state index contributed by atoms with van der Waals surface area (Å²) in [5, 5.41) is 3.04. The molecule has 196 valence electrons. The van der Waals surface area contributed by atoms with Crippen molar-refractivity contribution in [2.75, 3.05) is 17.1 Å². The molecule has 1 aliphatic carbocycles. The Balaban J connectivity index is 1.70. The van der Waals surface area contributed by atoms with Gasteiger partial charge in [0, 0.05) is 31.6 Å². The van der Waals surface area contributed by atoms with Crippen molar-refractivity contribution < 1.29 is 26.8 Å². The van der Waals surface area contributed by atoms with Crippen LogP contribution in [0.15, 0.2) is 48.5 Å². The predicted octanol–water partition coefficient (Wildman–Crippen LogP) is 3.99. The SMILES string of the molecule is C[C@@H](C(=O)NC1CCCC1)N(Cc1ccccc1)C(=O)CCCN(c1ccc(F)c(F)c1)S(C)(=O)=O. The number of rotatable bonds is 11. The van der Waals surface area contributed by atoms with Gasteiger partial charge in [-0.2, -0.15) is 0 Å². The van der Waals surface area contributed by atoms with E-state index in [1.165, 1.54) is 11.0 Å². The minimum Gasteiger partial charge on any atom is -0.352 e. The van der Waals surface area contributed by atoms with Crippen LogP contribution in [0.4, 0.5) is 14.5 Å². The van der Waals surface area contributed by atoms with Crippen molar-refractivity contribution in [2.45, 2.75) is 64.1 Å². The minimum atomic E-state index is -3.80. The maximum absolute atomic E-state index is 13.7. The highest BCUT2D eigenvalue weighted by Gasteiger charge is 2.28. The number of nitrogens with one attached hydrogen (secondary N) is 1. The quantitative estimate of drug-likeness (QED) is 0.485. The summed E-state index contributed by atoms with van der Waals surface area (Å²) in [6.45, 7) is 1.82. The van der Waals surface area contributed by atoms with Crippen molar-refractivity contribution in [3.05, 3.63) is 65.7 Å². The number of amides is 2. The third-order valence-corrected chi connectivity index (χ3v) is 7.60. The van der Waals surface area contributed by atoms with E-state index in [2.05, 4.69) is 5.32 Å². The molecule has 0 bridgehead atoms. The molecular weight excluding hydrogens is 488 g/mol. The fourth-order valence-electron chi connectivity index (χ4n) is 4.40. The van der Waals surface area contributed by atoms with Crippen molar-refractivity contribution in [3.8, 4) is 0 Å². The van der Waals surface area contributed by atoms with E-state index >= 15 is 0 Å². The lowest BCUT2D eigenvalue weighted by Crippen LogP contribution is -2.49. The molecule has 0 radical (unpaired) electrons. The van der Waals surface area contributed by atoms with Gasteiger partial charge in [-0.05, 0) is 43.9 Å². The van der Waals surface area contributed by atoms with Crippen LogP contribution in [0.5, 0.6) is 0 Å². The Hall–Kier alpha value is -3.01. The number of halogens is 2. The molecule has 2 aromatic rings. The van der Waals surface area contributed by atoms with E-state index in [4.69, 9.17) is 0 Å². The first-order valence-electron chi connectivity index (χ1n) is 12.1. The molecule has 2 aromatic carbocycles. The number of benzene rings is 2. The summed E-state index contributed by atoms with van der Waals surface area (Å²) in [7, 11) is -3.80. The van der Waals surface area contributed by atoms with Gasteiger partial charge in [-0.3, -0.25) is 13.9 Å². The van der Waals surface area contributed by atoms with Gasteiger partial charge < -0.3 is 10.2 Å². The van der Waals surface area contributed by atoms with E-state index in [9.17, 15) is 26.8 Å². The molecule has 0 aliphatic heterocycles. The molecule has 1 saturated carbocycles. The number of hydrogen-bond acceptors (Lipinski definition) is 4. The predicted molar refractivity (Wildman–Crippen MR) is 135 cm³/mol. The number of nitrogens with zero attached hydrogens (tertiary/aromatic N) is 2. The molecule has 2 amide bonds. The second kappa shape index (κ2) is 12.3. The van der Waals surface area contributed by atoms with Gasteiger partial charge in [0.05, 0.1) is 11.9 Å². The van der Waals surface area contributed by atoms with Gasteiger partial charge in [0.25, 0.3) is 0 Å². The summed E-state index contributed by atoms with van der Waals surface area (Å²) in [6, 6.07) is 11.6. The Kier molecular flexibility index (Phi) is 9.42. The smallest absolute Gasteiger partial charge is 0.242 e. The minimum absolute atomic E-state index is 0.0192. The van der Waals surface area contributed by atoms with Crippen molar-refractivity contribution in [1.82, 2.24) is 10.2 Å². The van der Waals surface area contributed by atoms with Crippen molar-refractivity contribution in [3.63, 3.8) is 0 Å². The lowest BCUT2D eigenvalue weighted by atomic mass is 10.1. The molecular formula is C26H33F2N3O4S. The maximum Gasteiger partial charge on any atom is 0.242 e. The zero-order valence-corrected chi connectivity index (χ0v) is 21.4. The molecule has 0 aromatic heterocycles. The Labute approximate surface area is 211 Å². The third-order valence-electron chi connectivity index (χ3n) is 6.41.